The van der Waals surface area contributed by atoms with Gasteiger partial charge in [0.2, 0.25) is 5.91 Å². The van der Waals surface area contributed by atoms with Gasteiger partial charge >= 0.3 is 0 Å². The van der Waals surface area contributed by atoms with E-state index in [4.69, 9.17) is 9.47 Å². The number of methoxy groups -OCH3 is 2. The normalized spacial score (nSPS) is 17.8. The average Bonchev–Trinajstić information content (AvgIpc) is 2.54. The summed E-state index contributed by atoms with van der Waals surface area (Å²) in [6, 6.07) is 5.27. The molecule has 0 aliphatic carbocycles. The van der Waals surface area contributed by atoms with Crippen LogP contribution in [0.5, 0.6) is 11.5 Å². The number of piperidine rings is 1. The molecule has 0 spiro atoms. The van der Waals surface area contributed by atoms with E-state index in [1.807, 2.05) is 13.0 Å². The molecule has 1 saturated heterocycles. The summed E-state index contributed by atoms with van der Waals surface area (Å²) in [5, 5.41) is 2.96. The molecule has 5 heteroatoms. The second-order valence-electron chi connectivity index (χ2n) is 5.95. The van der Waals surface area contributed by atoms with Crippen molar-refractivity contribution in [3.05, 3.63) is 18.2 Å². The fraction of sp³-hybridized carbons (Fsp3) is 0.588. The summed E-state index contributed by atoms with van der Waals surface area (Å²) in [6.07, 6.45) is 2.32. The Kier molecular flexibility index (Phi) is 5.66. The van der Waals surface area contributed by atoms with E-state index in [9.17, 15) is 4.79 Å². The second-order valence-corrected chi connectivity index (χ2v) is 5.95. The maximum absolute atomic E-state index is 12.4. The third kappa shape index (κ3) is 3.91. The maximum atomic E-state index is 12.4. The lowest BCUT2D eigenvalue weighted by atomic mass is 9.98. The Balaban J connectivity index is 1.99. The van der Waals surface area contributed by atoms with Gasteiger partial charge in [-0.05, 0) is 50.9 Å². The van der Waals surface area contributed by atoms with Gasteiger partial charge in [0.15, 0.2) is 11.5 Å². The van der Waals surface area contributed by atoms with Gasteiger partial charge < -0.3 is 14.8 Å². The van der Waals surface area contributed by atoms with Crippen LogP contribution in [0.2, 0.25) is 0 Å². The standard InChI is InChI=1S/C17H26N2O3/c1-12-7-9-19(10-8-12)13(2)17(20)18-14-5-6-15(21-3)16(11-14)22-4/h5-6,11-13H,7-10H2,1-4H3,(H,18,20)/t13-/m0/s1. The molecule has 1 aromatic carbocycles. The fourth-order valence-electron chi connectivity index (χ4n) is 2.74. The van der Waals surface area contributed by atoms with Crippen molar-refractivity contribution in [3.8, 4) is 11.5 Å². The zero-order chi connectivity index (χ0) is 16.1. The number of nitrogens with zero attached hydrogens (tertiary/aromatic N) is 1. The maximum Gasteiger partial charge on any atom is 0.241 e. The Labute approximate surface area is 132 Å². The van der Waals surface area contributed by atoms with Gasteiger partial charge in [-0.15, -0.1) is 0 Å². The summed E-state index contributed by atoms with van der Waals surface area (Å²) in [7, 11) is 3.18. The largest absolute Gasteiger partial charge is 0.493 e. The highest BCUT2D eigenvalue weighted by atomic mass is 16.5. The highest BCUT2D eigenvalue weighted by molar-refractivity contribution is 5.94. The quantitative estimate of drug-likeness (QED) is 0.909. The van der Waals surface area contributed by atoms with E-state index in [1.165, 1.54) is 0 Å². The second kappa shape index (κ2) is 7.49. The number of carbonyl (C=O) groups is 1. The Morgan fingerprint density at radius 3 is 2.45 bits per heavy atom. The Hall–Kier alpha value is -1.75. The third-order valence-electron chi connectivity index (χ3n) is 4.40. The van der Waals surface area contributed by atoms with Gasteiger partial charge in [0.1, 0.15) is 0 Å². The summed E-state index contributed by atoms with van der Waals surface area (Å²) < 4.78 is 10.5. The van der Waals surface area contributed by atoms with Crippen LogP contribution in [0.1, 0.15) is 26.7 Å². The molecule has 0 saturated carbocycles. The molecule has 0 unspecified atom stereocenters. The summed E-state index contributed by atoms with van der Waals surface area (Å²) in [5.41, 5.74) is 0.722. The van der Waals surface area contributed by atoms with Gasteiger partial charge in [0.05, 0.1) is 20.3 Å². The molecule has 1 aliphatic heterocycles. The van der Waals surface area contributed by atoms with Gasteiger partial charge in [0.25, 0.3) is 0 Å². The first kappa shape index (κ1) is 16.6. The van der Waals surface area contributed by atoms with Gasteiger partial charge in [-0.2, -0.15) is 0 Å². The van der Waals surface area contributed by atoms with Crippen LogP contribution in [0.3, 0.4) is 0 Å². The summed E-state index contributed by atoms with van der Waals surface area (Å²) in [6.45, 7) is 6.21. The fourth-order valence-corrected chi connectivity index (χ4v) is 2.74. The Bertz CT molecular complexity index is 511. The van der Waals surface area contributed by atoms with Crippen LogP contribution in [-0.4, -0.2) is 44.2 Å². The molecule has 0 radical (unpaired) electrons. The molecule has 1 aliphatic rings. The number of hydrogen-bond acceptors (Lipinski definition) is 4. The Morgan fingerprint density at radius 1 is 1.23 bits per heavy atom. The lowest BCUT2D eigenvalue weighted by molar-refractivity contribution is -0.121. The number of carbonyl (C=O) groups excluding carboxylic acids is 1. The molecular weight excluding hydrogens is 280 g/mol. The highest BCUT2D eigenvalue weighted by Crippen LogP contribution is 2.30. The topological polar surface area (TPSA) is 50.8 Å². The van der Waals surface area contributed by atoms with E-state index in [1.54, 1.807) is 26.4 Å². The van der Waals surface area contributed by atoms with Crippen LogP contribution >= 0.6 is 0 Å². The molecule has 1 heterocycles. The summed E-state index contributed by atoms with van der Waals surface area (Å²) in [5.74, 6) is 2.04. The average molecular weight is 306 g/mol. The SMILES string of the molecule is COc1ccc(NC(=O)[C@H](C)N2CCC(C)CC2)cc1OC. The number of benzene rings is 1. The molecule has 22 heavy (non-hydrogen) atoms. The summed E-state index contributed by atoms with van der Waals surface area (Å²) >= 11 is 0. The first-order valence-electron chi connectivity index (χ1n) is 7.82. The van der Waals surface area contributed by atoms with E-state index in [0.717, 1.165) is 37.5 Å². The van der Waals surface area contributed by atoms with E-state index >= 15 is 0 Å². The number of rotatable bonds is 5. The van der Waals surface area contributed by atoms with Gasteiger partial charge in [0, 0.05) is 11.8 Å². The summed E-state index contributed by atoms with van der Waals surface area (Å²) in [4.78, 5) is 14.7. The minimum Gasteiger partial charge on any atom is -0.493 e. The molecule has 1 atom stereocenters. The van der Waals surface area contributed by atoms with Crippen molar-refractivity contribution in [2.75, 3.05) is 32.6 Å². The number of ether oxygens (including phenoxy) is 2. The van der Waals surface area contributed by atoms with Crippen molar-refractivity contribution in [1.82, 2.24) is 4.90 Å². The molecule has 2 rings (SSSR count). The van der Waals surface area contributed by atoms with Crippen LogP contribution in [0.25, 0.3) is 0 Å². The first-order chi connectivity index (χ1) is 10.5. The molecule has 1 fully saturated rings. The van der Waals surface area contributed by atoms with Crippen molar-refractivity contribution >= 4 is 11.6 Å². The van der Waals surface area contributed by atoms with Crippen molar-refractivity contribution < 1.29 is 14.3 Å². The molecule has 1 amide bonds. The monoisotopic (exact) mass is 306 g/mol. The molecular formula is C17H26N2O3. The number of nitrogens with one attached hydrogen (secondary N) is 1. The van der Waals surface area contributed by atoms with Crippen molar-refractivity contribution in [1.29, 1.82) is 0 Å². The zero-order valence-corrected chi connectivity index (χ0v) is 13.9. The smallest absolute Gasteiger partial charge is 0.241 e. The lowest BCUT2D eigenvalue weighted by Gasteiger charge is -2.34. The zero-order valence-electron chi connectivity index (χ0n) is 13.9. The Morgan fingerprint density at radius 2 is 1.86 bits per heavy atom. The molecule has 1 N–H and O–H groups in total. The minimum absolute atomic E-state index is 0.0155. The van der Waals surface area contributed by atoms with Crippen LogP contribution < -0.4 is 14.8 Å². The predicted octanol–water partition coefficient (Wildman–Crippen LogP) is 2.76. The highest BCUT2D eigenvalue weighted by Gasteiger charge is 2.25. The van der Waals surface area contributed by atoms with E-state index in [-0.39, 0.29) is 11.9 Å². The lowest BCUT2D eigenvalue weighted by Crippen LogP contribution is -2.45. The molecule has 0 bridgehead atoms. The van der Waals surface area contributed by atoms with Crippen molar-refractivity contribution in [3.63, 3.8) is 0 Å². The van der Waals surface area contributed by atoms with Crippen LogP contribution in [0, 0.1) is 5.92 Å². The molecule has 5 nitrogen and oxygen atoms in total. The van der Waals surface area contributed by atoms with Crippen LogP contribution in [-0.2, 0) is 4.79 Å². The molecule has 1 aromatic rings. The number of amides is 1. The van der Waals surface area contributed by atoms with Crippen LogP contribution in [0.15, 0.2) is 18.2 Å². The number of hydrogen-bond donors (Lipinski definition) is 1. The van der Waals surface area contributed by atoms with E-state index in [2.05, 4.69) is 17.1 Å². The van der Waals surface area contributed by atoms with Crippen LogP contribution in [0.4, 0.5) is 5.69 Å². The molecule has 122 valence electrons. The molecule has 0 aromatic heterocycles. The number of anilines is 1. The first-order valence-corrected chi connectivity index (χ1v) is 7.82. The minimum atomic E-state index is -0.124. The van der Waals surface area contributed by atoms with Crippen molar-refractivity contribution in [2.24, 2.45) is 5.92 Å². The third-order valence-corrected chi connectivity index (χ3v) is 4.40. The van der Waals surface area contributed by atoms with Gasteiger partial charge in [-0.1, -0.05) is 6.92 Å². The van der Waals surface area contributed by atoms with E-state index in [0.29, 0.717) is 11.5 Å². The van der Waals surface area contributed by atoms with Gasteiger partial charge in [-0.25, -0.2) is 0 Å². The number of likely N-dealkylation sites (tertiary alicyclic amines) is 1. The van der Waals surface area contributed by atoms with Crippen molar-refractivity contribution in [2.45, 2.75) is 32.7 Å². The van der Waals surface area contributed by atoms with E-state index < -0.39 is 0 Å². The van der Waals surface area contributed by atoms with Gasteiger partial charge in [-0.3, -0.25) is 9.69 Å². The predicted molar refractivity (Wildman–Crippen MR) is 87.6 cm³/mol.